The largest absolute Gasteiger partial charge is 0.493 e. The lowest BCUT2D eigenvalue weighted by molar-refractivity contribution is 0.0924. The third-order valence-corrected chi connectivity index (χ3v) is 6.96. The van der Waals surface area contributed by atoms with E-state index in [0.717, 1.165) is 11.3 Å². The van der Waals surface area contributed by atoms with Crippen molar-refractivity contribution in [2.45, 2.75) is 17.4 Å². The molecule has 0 fully saturated rings. The molecule has 0 aromatic heterocycles. The first-order valence-electron chi connectivity index (χ1n) is 9.63. The minimum Gasteiger partial charge on any atom is -0.493 e. The molecule has 0 aliphatic carbocycles. The highest BCUT2D eigenvalue weighted by Gasteiger charge is 2.24. The molecule has 1 amide bonds. The minimum absolute atomic E-state index is 0.127. The molecule has 0 saturated heterocycles. The average Bonchev–Trinajstić information content (AvgIpc) is 2.79. The summed E-state index contributed by atoms with van der Waals surface area (Å²) in [6, 6.07) is 22.3. The highest BCUT2D eigenvalue weighted by Crippen LogP contribution is 2.31. The number of nitrogens with one attached hydrogen (secondary N) is 1. The Morgan fingerprint density at radius 3 is 2.37 bits per heavy atom. The molecule has 1 N–H and O–H groups in total. The number of benzene rings is 3. The van der Waals surface area contributed by atoms with Gasteiger partial charge in [-0.1, -0.05) is 36.4 Å². The van der Waals surface area contributed by atoms with Crippen LogP contribution in [-0.2, 0) is 10.0 Å². The van der Waals surface area contributed by atoms with Gasteiger partial charge in [0.2, 0.25) is 0 Å². The van der Waals surface area contributed by atoms with Crippen LogP contribution in [0.1, 0.15) is 28.4 Å². The van der Waals surface area contributed by atoms with Gasteiger partial charge >= 0.3 is 0 Å². The van der Waals surface area contributed by atoms with Gasteiger partial charge in [-0.05, 0) is 42.5 Å². The maximum absolute atomic E-state index is 12.9. The predicted octanol–water partition coefficient (Wildman–Crippen LogP) is 3.77. The van der Waals surface area contributed by atoms with E-state index in [1.165, 1.54) is 35.6 Å². The Kier molecular flexibility index (Phi) is 5.46. The van der Waals surface area contributed by atoms with Crippen LogP contribution in [0.15, 0.2) is 83.8 Å². The van der Waals surface area contributed by atoms with Crippen molar-refractivity contribution in [1.82, 2.24) is 5.32 Å². The highest BCUT2D eigenvalue weighted by molar-refractivity contribution is 7.92. The molecular formula is C23H22N2O4S. The number of rotatable bonds is 5. The molecule has 1 atom stereocenters. The molecule has 0 saturated carbocycles. The van der Waals surface area contributed by atoms with Crippen molar-refractivity contribution in [3.8, 4) is 5.75 Å². The molecule has 1 aliphatic heterocycles. The van der Waals surface area contributed by atoms with E-state index < -0.39 is 10.0 Å². The van der Waals surface area contributed by atoms with E-state index in [0.29, 0.717) is 24.3 Å². The third kappa shape index (κ3) is 3.89. The van der Waals surface area contributed by atoms with Crippen molar-refractivity contribution in [3.63, 3.8) is 0 Å². The first kappa shape index (κ1) is 20.0. The van der Waals surface area contributed by atoms with E-state index in [2.05, 4.69) is 5.32 Å². The Hall–Kier alpha value is -3.32. The number of carbonyl (C=O) groups is 1. The predicted molar refractivity (Wildman–Crippen MR) is 115 cm³/mol. The summed E-state index contributed by atoms with van der Waals surface area (Å²) in [6.07, 6.45) is 0.678. The van der Waals surface area contributed by atoms with Crippen LogP contribution in [0.2, 0.25) is 0 Å². The van der Waals surface area contributed by atoms with Gasteiger partial charge in [-0.3, -0.25) is 9.10 Å². The van der Waals surface area contributed by atoms with Crippen LogP contribution in [0, 0.1) is 0 Å². The van der Waals surface area contributed by atoms with Crippen molar-refractivity contribution >= 4 is 21.6 Å². The number of sulfonamides is 1. The highest BCUT2D eigenvalue weighted by atomic mass is 32.2. The van der Waals surface area contributed by atoms with Gasteiger partial charge in [0.25, 0.3) is 15.9 Å². The Bertz CT molecular complexity index is 1150. The zero-order valence-corrected chi connectivity index (χ0v) is 17.3. The van der Waals surface area contributed by atoms with E-state index in [-0.39, 0.29) is 16.8 Å². The van der Waals surface area contributed by atoms with Crippen molar-refractivity contribution in [2.24, 2.45) is 0 Å². The lowest BCUT2D eigenvalue weighted by Crippen LogP contribution is -2.32. The molecule has 0 radical (unpaired) electrons. The van der Waals surface area contributed by atoms with Gasteiger partial charge in [-0.25, -0.2) is 8.42 Å². The second-order valence-electron chi connectivity index (χ2n) is 7.03. The molecule has 1 heterocycles. The Labute approximate surface area is 176 Å². The molecule has 4 rings (SSSR count). The maximum atomic E-state index is 12.9. The molecule has 3 aromatic carbocycles. The normalized spacial score (nSPS) is 15.6. The van der Waals surface area contributed by atoms with Gasteiger partial charge in [-0.2, -0.15) is 0 Å². The number of hydrogen-bond acceptors (Lipinski definition) is 4. The van der Waals surface area contributed by atoms with Gasteiger partial charge in [0.15, 0.2) is 0 Å². The lowest BCUT2D eigenvalue weighted by Gasteiger charge is -2.26. The van der Waals surface area contributed by atoms with E-state index >= 15 is 0 Å². The summed E-state index contributed by atoms with van der Waals surface area (Å²) in [4.78, 5) is 12.9. The maximum Gasteiger partial charge on any atom is 0.264 e. The molecule has 1 unspecified atom stereocenters. The zero-order chi connectivity index (χ0) is 21.1. The zero-order valence-electron chi connectivity index (χ0n) is 16.5. The van der Waals surface area contributed by atoms with Crippen LogP contribution < -0.4 is 14.4 Å². The summed E-state index contributed by atoms with van der Waals surface area (Å²) < 4.78 is 32.6. The number of ether oxygens (including phenoxy) is 1. The number of nitrogens with zero attached hydrogens (tertiary/aromatic N) is 1. The molecule has 30 heavy (non-hydrogen) atoms. The smallest absolute Gasteiger partial charge is 0.264 e. The van der Waals surface area contributed by atoms with E-state index in [1.54, 1.807) is 24.3 Å². The summed E-state index contributed by atoms with van der Waals surface area (Å²) in [5.41, 5.74) is 1.92. The van der Waals surface area contributed by atoms with Crippen molar-refractivity contribution in [1.29, 1.82) is 0 Å². The SMILES string of the molecule is CN(c1ccccc1)S(=O)(=O)c1ccc(C(=O)NC2CCOc3ccccc32)cc1. The summed E-state index contributed by atoms with van der Waals surface area (Å²) in [5, 5.41) is 3.02. The fourth-order valence-corrected chi connectivity index (χ4v) is 4.64. The number of fused-ring (bicyclic) bond motifs is 1. The molecule has 7 heteroatoms. The summed E-state index contributed by atoms with van der Waals surface area (Å²) in [7, 11) is -2.21. The number of amides is 1. The topological polar surface area (TPSA) is 75.7 Å². The van der Waals surface area contributed by atoms with Crippen LogP contribution in [0.4, 0.5) is 5.69 Å². The average molecular weight is 423 g/mol. The number of hydrogen-bond donors (Lipinski definition) is 1. The van der Waals surface area contributed by atoms with Crippen molar-refractivity contribution in [3.05, 3.63) is 90.0 Å². The molecule has 0 spiro atoms. The van der Waals surface area contributed by atoms with Gasteiger partial charge in [-0.15, -0.1) is 0 Å². The molecule has 154 valence electrons. The quantitative estimate of drug-likeness (QED) is 0.679. The Balaban J connectivity index is 1.51. The fraction of sp³-hybridized carbons (Fsp3) is 0.174. The van der Waals surface area contributed by atoms with Gasteiger partial charge < -0.3 is 10.1 Å². The van der Waals surface area contributed by atoms with Gasteiger partial charge in [0.05, 0.1) is 23.2 Å². The third-order valence-electron chi connectivity index (χ3n) is 5.16. The van der Waals surface area contributed by atoms with Crippen molar-refractivity contribution in [2.75, 3.05) is 18.0 Å². The van der Waals surface area contributed by atoms with Gasteiger partial charge in [0.1, 0.15) is 5.75 Å². The molecule has 0 bridgehead atoms. The van der Waals surface area contributed by atoms with Gasteiger partial charge in [0, 0.05) is 24.6 Å². The van der Waals surface area contributed by atoms with Crippen LogP contribution >= 0.6 is 0 Å². The number of carbonyl (C=O) groups excluding carboxylic acids is 1. The Morgan fingerprint density at radius 1 is 0.967 bits per heavy atom. The fourth-order valence-electron chi connectivity index (χ4n) is 3.45. The van der Waals surface area contributed by atoms with Crippen molar-refractivity contribution < 1.29 is 17.9 Å². The minimum atomic E-state index is -3.72. The summed E-state index contributed by atoms with van der Waals surface area (Å²) in [5.74, 6) is 0.525. The van der Waals surface area contributed by atoms with E-state index in [1.807, 2.05) is 30.3 Å². The van der Waals surface area contributed by atoms with E-state index in [9.17, 15) is 13.2 Å². The van der Waals surface area contributed by atoms with Crippen LogP contribution in [0.5, 0.6) is 5.75 Å². The molecule has 3 aromatic rings. The van der Waals surface area contributed by atoms with Crippen LogP contribution in [0.3, 0.4) is 0 Å². The summed E-state index contributed by atoms with van der Waals surface area (Å²) in [6.45, 7) is 0.533. The monoisotopic (exact) mass is 422 g/mol. The van der Waals surface area contributed by atoms with Crippen LogP contribution in [-0.4, -0.2) is 28.0 Å². The summed E-state index contributed by atoms with van der Waals surface area (Å²) >= 11 is 0. The standard InChI is InChI=1S/C23H22N2O4S/c1-25(18-7-3-2-4-8-18)30(27,28)19-13-11-17(12-14-19)23(26)24-21-15-16-29-22-10-6-5-9-20(21)22/h2-14,21H,15-16H2,1H3,(H,24,26). The Morgan fingerprint density at radius 2 is 1.63 bits per heavy atom. The molecule has 6 nitrogen and oxygen atoms in total. The first-order chi connectivity index (χ1) is 14.5. The molecular weight excluding hydrogens is 400 g/mol. The number of anilines is 1. The first-order valence-corrected chi connectivity index (χ1v) is 11.1. The number of para-hydroxylation sites is 2. The second-order valence-corrected chi connectivity index (χ2v) is 9.00. The van der Waals surface area contributed by atoms with Crippen LogP contribution in [0.25, 0.3) is 0 Å². The van der Waals surface area contributed by atoms with E-state index in [4.69, 9.17) is 4.74 Å². The second kappa shape index (κ2) is 8.20. The molecule has 1 aliphatic rings. The lowest BCUT2D eigenvalue weighted by atomic mass is 10.00.